The predicted molar refractivity (Wildman–Crippen MR) is 79.0 cm³/mol. The minimum Gasteiger partial charge on any atom is -0.314 e. The van der Waals surface area contributed by atoms with Crippen molar-refractivity contribution < 1.29 is 0 Å². The van der Waals surface area contributed by atoms with E-state index < -0.39 is 0 Å². The molecule has 2 heteroatoms. The Hall–Kier alpha value is -0.340. The standard InChI is InChI=1S/C16H25NS/c1-12(2)17-11-16(10-15-4-3-7-18-15)9-13-5-6-14(16)8-13/h3-4,7,12-14,17H,5-6,8-11H2,1-2H3. The van der Waals surface area contributed by atoms with Gasteiger partial charge in [0.2, 0.25) is 0 Å². The molecule has 100 valence electrons. The molecule has 0 spiro atoms. The van der Waals surface area contributed by atoms with Crippen molar-refractivity contribution in [2.24, 2.45) is 17.3 Å². The van der Waals surface area contributed by atoms with E-state index >= 15 is 0 Å². The molecule has 2 fully saturated rings. The molecule has 0 saturated heterocycles. The molecule has 3 atom stereocenters. The van der Waals surface area contributed by atoms with Gasteiger partial charge in [-0.3, -0.25) is 0 Å². The molecule has 0 aliphatic heterocycles. The van der Waals surface area contributed by atoms with Crippen molar-refractivity contribution in [2.75, 3.05) is 6.54 Å². The molecule has 2 aliphatic carbocycles. The molecule has 3 unspecified atom stereocenters. The molecular formula is C16H25NS. The molecule has 18 heavy (non-hydrogen) atoms. The number of hydrogen-bond donors (Lipinski definition) is 1. The Morgan fingerprint density at radius 2 is 2.33 bits per heavy atom. The van der Waals surface area contributed by atoms with E-state index in [2.05, 4.69) is 36.7 Å². The Kier molecular flexibility index (Phi) is 3.50. The van der Waals surface area contributed by atoms with Crippen LogP contribution in [0.2, 0.25) is 0 Å². The first-order valence-corrected chi connectivity index (χ1v) is 8.32. The van der Waals surface area contributed by atoms with Crippen molar-refractivity contribution in [2.45, 2.75) is 52.0 Å². The van der Waals surface area contributed by atoms with Crippen LogP contribution in [0.1, 0.15) is 44.4 Å². The fourth-order valence-corrected chi connectivity index (χ4v) is 5.08. The molecule has 1 nitrogen and oxygen atoms in total. The zero-order valence-corrected chi connectivity index (χ0v) is 12.4. The summed E-state index contributed by atoms with van der Waals surface area (Å²) in [5, 5.41) is 5.96. The Morgan fingerprint density at radius 3 is 2.89 bits per heavy atom. The highest BCUT2D eigenvalue weighted by atomic mass is 32.1. The van der Waals surface area contributed by atoms with Crippen LogP contribution in [0.4, 0.5) is 0 Å². The molecule has 1 aromatic rings. The van der Waals surface area contributed by atoms with Crippen molar-refractivity contribution in [1.82, 2.24) is 5.32 Å². The highest BCUT2D eigenvalue weighted by Crippen LogP contribution is 2.57. The summed E-state index contributed by atoms with van der Waals surface area (Å²) in [7, 11) is 0. The van der Waals surface area contributed by atoms with Crippen molar-refractivity contribution in [3.05, 3.63) is 22.4 Å². The molecular weight excluding hydrogens is 238 g/mol. The third-order valence-electron chi connectivity index (χ3n) is 5.07. The minimum atomic E-state index is 0.567. The summed E-state index contributed by atoms with van der Waals surface area (Å²) in [6.07, 6.45) is 7.26. The third-order valence-corrected chi connectivity index (χ3v) is 5.95. The van der Waals surface area contributed by atoms with Gasteiger partial charge in [0.05, 0.1) is 0 Å². The molecule has 2 bridgehead atoms. The topological polar surface area (TPSA) is 12.0 Å². The van der Waals surface area contributed by atoms with Crippen molar-refractivity contribution >= 4 is 11.3 Å². The van der Waals surface area contributed by atoms with E-state index in [0.29, 0.717) is 11.5 Å². The molecule has 2 saturated carbocycles. The summed E-state index contributed by atoms with van der Waals surface area (Å²) < 4.78 is 0. The molecule has 1 aromatic heterocycles. The van der Waals surface area contributed by atoms with E-state index in [1.807, 2.05) is 11.3 Å². The number of rotatable bonds is 5. The number of hydrogen-bond acceptors (Lipinski definition) is 2. The molecule has 1 N–H and O–H groups in total. The summed E-state index contributed by atoms with van der Waals surface area (Å²) in [6.45, 7) is 5.77. The number of nitrogens with one attached hydrogen (secondary N) is 1. The van der Waals surface area contributed by atoms with E-state index in [1.54, 1.807) is 4.88 Å². The van der Waals surface area contributed by atoms with Crippen LogP contribution in [0, 0.1) is 17.3 Å². The maximum atomic E-state index is 3.73. The largest absolute Gasteiger partial charge is 0.314 e. The third kappa shape index (κ3) is 2.37. The summed E-state index contributed by atoms with van der Waals surface area (Å²) in [6, 6.07) is 5.15. The highest BCUT2D eigenvalue weighted by molar-refractivity contribution is 7.09. The summed E-state index contributed by atoms with van der Waals surface area (Å²) in [5.74, 6) is 2.01. The van der Waals surface area contributed by atoms with E-state index in [0.717, 1.165) is 11.8 Å². The first-order valence-electron chi connectivity index (χ1n) is 7.44. The average Bonchev–Trinajstić information content (AvgIpc) is 3.02. The summed E-state index contributed by atoms with van der Waals surface area (Å²) in [5.41, 5.74) is 0.567. The number of thiophene rings is 1. The lowest BCUT2D eigenvalue weighted by molar-refractivity contribution is 0.153. The second-order valence-corrected chi connectivity index (χ2v) is 7.77. The van der Waals surface area contributed by atoms with Gasteiger partial charge in [-0.25, -0.2) is 0 Å². The van der Waals surface area contributed by atoms with Gasteiger partial charge in [0.1, 0.15) is 0 Å². The van der Waals surface area contributed by atoms with Crippen molar-refractivity contribution in [1.29, 1.82) is 0 Å². The lowest BCUT2D eigenvalue weighted by atomic mass is 9.70. The lowest BCUT2D eigenvalue weighted by Gasteiger charge is -2.38. The second kappa shape index (κ2) is 4.97. The second-order valence-electron chi connectivity index (χ2n) is 6.73. The molecule has 1 heterocycles. The zero-order valence-electron chi connectivity index (χ0n) is 11.6. The quantitative estimate of drug-likeness (QED) is 0.843. The van der Waals surface area contributed by atoms with E-state index in [4.69, 9.17) is 0 Å². The molecule has 0 radical (unpaired) electrons. The van der Waals surface area contributed by atoms with Crippen molar-refractivity contribution in [3.63, 3.8) is 0 Å². The van der Waals surface area contributed by atoms with Gasteiger partial charge in [0, 0.05) is 17.5 Å². The van der Waals surface area contributed by atoms with Crippen LogP contribution in [0.25, 0.3) is 0 Å². The first-order chi connectivity index (χ1) is 8.68. The SMILES string of the molecule is CC(C)NCC1(Cc2cccs2)CC2CCC1C2. The number of fused-ring (bicyclic) bond motifs is 2. The summed E-state index contributed by atoms with van der Waals surface area (Å²) >= 11 is 1.94. The first kappa shape index (κ1) is 12.7. The van der Waals surface area contributed by atoms with Gasteiger partial charge in [-0.1, -0.05) is 26.3 Å². The van der Waals surface area contributed by atoms with Gasteiger partial charge in [-0.2, -0.15) is 0 Å². The van der Waals surface area contributed by atoms with Crippen molar-refractivity contribution in [3.8, 4) is 0 Å². The van der Waals surface area contributed by atoms with Gasteiger partial charge < -0.3 is 5.32 Å². The van der Waals surface area contributed by atoms with E-state index in [-0.39, 0.29) is 0 Å². The van der Waals surface area contributed by atoms with Crippen LogP contribution in [0.3, 0.4) is 0 Å². The Balaban J connectivity index is 1.75. The molecule has 3 rings (SSSR count). The maximum absolute atomic E-state index is 3.73. The molecule has 2 aliphatic rings. The van der Waals surface area contributed by atoms with Crippen LogP contribution >= 0.6 is 11.3 Å². The van der Waals surface area contributed by atoms with Gasteiger partial charge in [-0.15, -0.1) is 11.3 Å². The zero-order chi connectivity index (χ0) is 12.6. The molecule has 0 amide bonds. The van der Waals surface area contributed by atoms with Crippen LogP contribution in [0.15, 0.2) is 17.5 Å². The highest BCUT2D eigenvalue weighted by Gasteiger charge is 2.50. The normalized spacial score (nSPS) is 34.6. The van der Waals surface area contributed by atoms with Crippen LogP contribution in [-0.2, 0) is 6.42 Å². The Morgan fingerprint density at radius 1 is 1.44 bits per heavy atom. The van der Waals surface area contributed by atoms with Gasteiger partial charge >= 0.3 is 0 Å². The Labute approximate surface area is 115 Å². The van der Waals surface area contributed by atoms with Gasteiger partial charge in [-0.05, 0) is 54.4 Å². The van der Waals surface area contributed by atoms with Crippen LogP contribution in [-0.4, -0.2) is 12.6 Å². The van der Waals surface area contributed by atoms with E-state index in [1.165, 1.54) is 38.6 Å². The summed E-state index contributed by atoms with van der Waals surface area (Å²) in [4.78, 5) is 1.59. The monoisotopic (exact) mass is 263 g/mol. The van der Waals surface area contributed by atoms with Crippen LogP contribution < -0.4 is 5.32 Å². The fraction of sp³-hybridized carbons (Fsp3) is 0.750. The maximum Gasteiger partial charge on any atom is 0.00513 e. The van der Waals surface area contributed by atoms with E-state index in [9.17, 15) is 0 Å². The predicted octanol–water partition coefficient (Wildman–Crippen LogP) is 4.10. The van der Waals surface area contributed by atoms with Crippen LogP contribution in [0.5, 0.6) is 0 Å². The Bertz CT molecular complexity index is 384. The average molecular weight is 263 g/mol. The smallest absolute Gasteiger partial charge is 0.00513 e. The van der Waals surface area contributed by atoms with Gasteiger partial charge in [0.25, 0.3) is 0 Å². The minimum absolute atomic E-state index is 0.567. The fourth-order valence-electron chi connectivity index (χ4n) is 4.22. The lowest BCUT2D eigenvalue weighted by Crippen LogP contribution is -2.42. The van der Waals surface area contributed by atoms with Gasteiger partial charge in [0.15, 0.2) is 0 Å². The molecule has 0 aromatic carbocycles.